The molecule has 1 aliphatic rings. The highest BCUT2D eigenvalue weighted by molar-refractivity contribution is 7.09. The quantitative estimate of drug-likeness (QED) is 0.710. The number of amides is 2. The number of aliphatic hydroxyl groups is 1. The van der Waals surface area contributed by atoms with Gasteiger partial charge < -0.3 is 20.4 Å². The van der Waals surface area contributed by atoms with Crippen molar-refractivity contribution in [2.24, 2.45) is 0 Å². The van der Waals surface area contributed by atoms with Crippen molar-refractivity contribution >= 4 is 23.3 Å². The lowest BCUT2D eigenvalue weighted by molar-refractivity contribution is -0.141. The van der Waals surface area contributed by atoms with E-state index in [0.29, 0.717) is 0 Å². The highest BCUT2D eigenvalue weighted by Crippen LogP contribution is 2.18. The summed E-state index contributed by atoms with van der Waals surface area (Å²) in [6.07, 6.45) is 0.919. The van der Waals surface area contributed by atoms with Crippen LogP contribution in [0, 0.1) is 0 Å². The summed E-state index contributed by atoms with van der Waals surface area (Å²) in [7, 11) is 0. The van der Waals surface area contributed by atoms with Crippen molar-refractivity contribution in [2.75, 3.05) is 6.54 Å². The number of carbonyl (C=O) groups excluding carboxylic acids is 1. The number of carboxylic acid groups (broad SMARTS) is 1. The number of carbonyl (C=O) groups is 2. The minimum atomic E-state index is -1.10. The summed E-state index contributed by atoms with van der Waals surface area (Å²) in [6.45, 7) is 0.302. The largest absolute Gasteiger partial charge is 0.480 e. The number of nitrogens with one attached hydrogen (secondary N) is 1. The first-order valence-corrected chi connectivity index (χ1v) is 6.29. The monoisotopic (exact) mass is 271 g/mol. The van der Waals surface area contributed by atoms with Crippen LogP contribution in [-0.4, -0.2) is 50.8 Å². The van der Waals surface area contributed by atoms with E-state index < -0.39 is 24.1 Å². The predicted octanol–water partition coefficient (Wildman–Crippen LogP) is -0.127. The number of thiazole rings is 1. The van der Waals surface area contributed by atoms with Crippen LogP contribution in [0.3, 0.4) is 0 Å². The zero-order chi connectivity index (χ0) is 13.1. The van der Waals surface area contributed by atoms with E-state index in [0.717, 1.165) is 9.91 Å². The molecule has 2 rings (SSSR count). The van der Waals surface area contributed by atoms with Gasteiger partial charge >= 0.3 is 12.0 Å². The number of carboxylic acids is 1. The Hall–Kier alpha value is -1.67. The summed E-state index contributed by atoms with van der Waals surface area (Å²) in [5.41, 5.74) is 0. The second kappa shape index (κ2) is 5.32. The maximum Gasteiger partial charge on any atom is 0.326 e. The molecule has 18 heavy (non-hydrogen) atoms. The Kier molecular flexibility index (Phi) is 3.78. The SMILES string of the molecule is O=C(O)[C@@H]1C[C@H](O)CN1C(=O)NCc1nccs1. The maximum atomic E-state index is 11.8. The van der Waals surface area contributed by atoms with Gasteiger partial charge in [-0.2, -0.15) is 0 Å². The minimum absolute atomic E-state index is 0.0423. The number of hydrogen-bond acceptors (Lipinski definition) is 5. The first-order valence-electron chi connectivity index (χ1n) is 5.41. The van der Waals surface area contributed by atoms with Crippen molar-refractivity contribution in [3.8, 4) is 0 Å². The predicted molar refractivity (Wildman–Crippen MR) is 63.1 cm³/mol. The lowest BCUT2D eigenvalue weighted by Crippen LogP contribution is -2.45. The number of likely N-dealkylation sites (tertiary alicyclic amines) is 1. The fourth-order valence-corrected chi connectivity index (χ4v) is 2.42. The molecule has 0 radical (unpaired) electrons. The maximum absolute atomic E-state index is 11.8. The average molecular weight is 271 g/mol. The topological polar surface area (TPSA) is 103 Å². The standard InChI is InChI=1S/C10H13N3O4S/c14-6-3-7(9(15)16)13(5-6)10(17)12-4-8-11-1-2-18-8/h1-2,6-7,14H,3-5H2,(H,12,17)(H,15,16)/t6-,7-/m0/s1. The van der Waals surface area contributed by atoms with Gasteiger partial charge in [-0.15, -0.1) is 11.3 Å². The molecular formula is C10H13N3O4S. The fourth-order valence-electron chi connectivity index (χ4n) is 1.87. The van der Waals surface area contributed by atoms with Gasteiger partial charge in [-0.1, -0.05) is 0 Å². The van der Waals surface area contributed by atoms with E-state index >= 15 is 0 Å². The number of rotatable bonds is 3. The molecule has 0 spiro atoms. The summed E-state index contributed by atoms with van der Waals surface area (Å²) in [4.78, 5) is 27.9. The molecule has 1 aromatic heterocycles. The van der Waals surface area contributed by atoms with E-state index in [2.05, 4.69) is 10.3 Å². The lowest BCUT2D eigenvalue weighted by atomic mass is 10.2. The Labute approximate surface area is 107 Å². The zero-order valence-electron chi connectivity index (χ0n) is 9.44. The van der Waals surface area contributed by atoms with Gasteiger partial charge in [0.2, 0.25) is 0 Å². The lowest BCUT2D eigenvalue weighted by Gasteiger charge is -2.21. The van der Waals surface area contributed by atoms with Crippen molar-refractivity contribution in [3.05, 3.63) is 16.6 Å². The van der Waals surface area contributed by atoms with Gasteiger partial charge in [-0.05, 0) is 0 Å². The molecule has 0 aromatic carbocycles. The van der Waals surface area contributed by atoms with Crippen LogP contribution in [0.25, 0.3) is 0 Å². The molecule has 1 aliphatic heterocycles. The van der Waals surface area contributed by atoms with Crippen molar-refractivity contribution < 1.29 is 19.8 Å². The van der Waals surface area contributed by atoms with Gasteiger partial charge in [0.1, 0.15) is 11.0 Å². The van der Waals surface area contributed by atoms with Gasteiger partial charge in [0, 0.05) is 24.5 Å². The molecule has 2 atom stereocenters. The number of nitrogens with zero attached hydrogens (tertiary/aromatic N) is 2. The van der Waals surface area contributed by atoms with Gasteiger partial charge in [0.15, 0.2) is 0 Å². The van der Waals surface area contributed by atoms with Crippen LogP contribution in [0.15, 0.2) is 11.6 Å². The molecule has 98 valence electrons. The molecule has 0 bridgehead atoms. The molecule has 1 aromatic rings. The third-order valence-corrected chi connectivity index (χ3v) is 3.48. The minimum Gasteiger partial charge on any atom is -0.480 e. The summed E-state index contributed by atoms with van der Waals surface area (Å²) >= 11 is 1.41. The highest BCUT2D eigenvalue weighted by atomic mass is 32.1. The molecule has 3 N–H and O–H groups in total. The number of aliphatic hydroxyl groups excluding tert-OH is 1. The van der Waals surface area contributed by atoms with Gasteiger partial charge in [0.25, 0.3) is 0 Å². The Bertz CT molecular complexity index is 436. The summed E-state index contributed by atoms with van der Waals surface area (Å²) in [6, 6.07) is -1.45. The third kappa shape index (κ3) is 2.77. The van der Waals surface area contributed by atoms with Crippen molar-refractivity contribution in [2.45, 2.75) is 25.1 Å². The van der Waals surface area contributed by atoms with Crippen LogP contribution >= 0.6 is 11.3 Å². The van der Waals surface area contributed by atoms with E-state index in [4.69, 9.17) is 5.11 Å². The van der Waals surface area contributed by atoms with E-state index in [9.17, 15) is 14.7 Å². The van der Waals surface area contributed by atoms with Crippen LogP contribution in [-0.2, 0) is 11.3 Å². The zero-order valence-corrected chi connectivity index (χ0v) is 10.3. The fraction of sp³-hybridized carbons (Fsp3) is 0.500. The Balaban J connectivity index is 1.93. The highest BCUT2D eigenvalue weighted by Gasteiger charge is 2.38. The molecular weight excluding hydrogens is 258 g/mol. The second-order valence-corrected chi connectivity index (χ2v) is 4.96. The van der Waals surface area contributed by atoms with Crippen molar-refractivity contribution in [1.82, 2.24) is 15.2 Å². The average Bonchev–Trinajstić information content (AvgIpc) is 2.94. The van der Waals surface area contributed by atoms with Gasteiger partial charge in [-0.25, -0.2) is 14.6 Å². The number of hydrogen-bond donors (Lipinski definition) is 3. The normalized spacial score (nSPS) is 23.1. The molecule has 1 saturated heterocycles. The van der Waals surface area contributed by atoms with Crippen LogP contribution in [0.5, 0.6) is 0 Å². The molecule has 8 heteroatoms. The molecule has 7 nitrogen and oxygen atoms in total. The van der Waals surface area contributed by atoms with Crippen LogP contribution in [0.1, 0.15) is 11.4 Å². The van der Waals surface area contributed by atoms with E-state index in [1.807, 2.05) is 0 Å². The second-order valence-electron chi connectivity index (χ2n) is 3.98. The van der Waals surface area contributed by atoms with E-state index in [1.165, 1.54) is 11.3 Å². The Morgan fingerprint density at radius 3 is 3.00 bits per heavy atom. The van der Waals surface area contributed by atoms with Crippen LogP contribution in [0.2, 0.25) is 0 Å². The van der Waals surface area contributed by atoms with Crippen molar-refractivity contribution in [3.63, 3.8) is 0 Å². The van der Waals surface area contributed by atoms with Crippen LogP contribution in [0.4, 0.5) is 4.79 Å². The smallest absolute Gasteiger partial charge is 0.326 e. The Morgan fingerprint density at radius 2 is 2.39 bits per heavy atom. The first-order chi connectivity index (χ1) is 8.58. The molecule has 2 heterocycles. The van der Waals surface area contributed by atoms with Gasteiger partial charge in [0.05, 0.1) is 12.6 Å². The summed E-state index contributed by atoms with van der Waals surface area (Å²) < 4.78 is 0. The number of aliphatic carboxylic acids is 1. The molecule has 0 aliphatic carbocycles. The molecule has 0 unspecified atom stereocenters. The molecule has 0 saturated carbocycles. The van der Waals surface area contributed by atoms with E-state index in [-0.39, 0.29) is 19.5 Å². The number of β-amino-alcohol motifs (C(OH)–C–C–N with tert-alkyl or cyclic N) is 1. The Morgan fingerprint density at radius 1 is 1.61 bits per heavy atom. The molecule has 1 fully saturated rings. The number of urea groups is 1. The van der Waals surface area contributed by atoms with Crippen molar-refractivity contribution in [1.29, 1.82) is 0 Å². The third-order valence-electron chi connectivity index (χ3n) is 2.70. The summed E-state index contributed by atoms with van der Waals surface area (Å²) in [5.74, 6) is -1.10. The van der Waals surface area contributed by atoms with E-state index in [1.54, 1.807) is 11.6 Å². The van der Waals surface area contributed by atoms with Crippen LogP contribution < -0.4 is 5.32 Å². The number of aromatic nitrogens is 1. The van der Waals surface area contributed by atoms with Gasteiger partial charge in [-0.3, -0.25) is 0 Å². The first kappa shape index (κ1) is 12.8. The molecule has 2 amide bonds. The summed E-state index contributed by atoms with van der Waals surface area (Å²) in [5, 5.41) is 23.5.